The van der Waals surface area contributed by atoms with E-state index in [1.54, 1.807) is 13.0 Å². The van der Waals surface area contributed by atoms with Crippen LogP contribution in [0.2, 0.25) is 0 Å². The minimum atomic E-state index is -0.332. The van der Waals surface area contributed by atoms with E-state index < -0.39 is 0 Å². The van der Waals surface area contributed by atoms with Crippen LogP contribution in [0, 0.1) is 6.92 Å². The largest absolute Gasteiger partial charge is 0.463 e. The summed E-state index contributed by atoms with van der Waals surface area (Å²) >= 11 is 0. The molecule has 0 atom stereocenters. The van der Waals surface area contributed by atoms with Gasteiger partial charge in [0.2, 0.25) is 0 Å². The highest BCUT2D eigenvalue weighted by molar-refractivity contribution is 6.04. The Hall–Kier alpha value is -2.68. The lowest BCUT2D eigenvalue weighted by atomic mass is 10.0. The molecule has 0 saturated heterocycles. The molecule has 2 rings (SSSR count). The Morgan fingerprint density at radius 1 is 1.08 bits per heavy atom. The fourth-order valence-electron chi connectivity index (χ4n) is 2.31. The van der Waals surface area contributed by atoms with E-state index in [-0.39, 0.29) is 5.97 Å². The van der Waals surface area contributed by atoms with E-state index in [4.69, 9.17) is 4.74 Å². The normalized spacial score (nSPS) is 12.1. The zero-order valence-corrected chi connectivity index (χ0v) is 14.5. The van der Waals surface area contributed by atoms with Crippen molar-refractivity contribution in [3.63, 3.8) is 0 Å². The molecule has 0 aromatic heterocycles. The summed E-state index contributed by atoms with van der Waals surface area (Å²) in [5.41, 5.74) is 4.88. The van der Waals surface area contributed by atoms with Crippen molar-refractivity contribution in [2.24, 2.45) is 4.99 Å². The topological polar surface area (TPSA) is 38.7 Å². The molecule has 0 spiro atoms. The number of aliphatic imine (C=N–C) groups is 1. The number of nitrogens with zero attached hydrogens (tertiary/aromatic N) is 1. The van der Waals surface area contributed by atoms with Gasteiger partial charge in [0, 0.05) is 11.8 Å². The summed E-state index contributed by atoms with van der Waals surface area (Å²) in [5, 5.41) is 0. The summed E-state index contributed by atoms with van der Waals surface area (Å²) in [7, 11) is 0. The molecule has 0 heterocycles. The molecule has 0 aliphatic carbocycles. The van der Waals surface area contributed by atoms with Crippen molar-refractivity contribution in [1.29, 1.82) is 0 Å². The van der Waals surface area contributed by atoms with Gasteiger partial charge in [0.15, 0.2) is 0 Å². The predicted octanol–water partition coefficient (Wildman–Crippen LogP) is 4.82. The van der Waals surface area contributed by atoms with Crippen LogP contribution in [-0.2, 0) is 16.0 Å². The lowest BCUT2D eigenvalue weighted by Gasteiger charge is -2.08. The van der Waals surface area contributed by atoms with Gasteiger partial charge < -0.3 is 4.74 Å². The van der Waals surface area contributed by atoms with Crippen LogP contribution < -0.4 is 0 Å². The third-order valence-electron chi connectivity index (χ3n) is 3.61. The zero-order chi connectivity index (χ0) is 17.4. The quantitative estimate of drug-likeness (QED) is 0.435. The summed E-state index contributed by atoms with van der Waals surface area (Å²) in [6.45, 7) is 6.13. The monoisotopic (exact) mass is 321 g/mol. The standard InChI is InChI=1S/C21H23NO2/c1-4-24-21(23)15-19(14-18-8-6-5-7-9-18)17(3)22-20-12-10-16(2)11-13-20/h5-13,15H,4,14H2,1-3H3/b19-15+,22-17?. The van der Waals surface area contributed by atoms with E-state index in [9.17, 15) is 4.79 Å². The molecule has 0 N–H and O–H groups in total. The Morgan fingerprint density at radius 2 is 1.75 bits per heavy atom. The highest BCUT2D eigenvalue weighted by Crippen LogP contribution is 2.17. The van der Waals surface area contributed by atoms with Crippen LogP contribution in [0.5, 0.6) is 0 Å². The first-order valence-corrected chi connectivity index (χ1v) is 8.12. The summed E-state index contributed by atoms with van der Waals surface area (Å²) in [6, 6.07) is 18.0. The molecule has 2 aromatic rings. The molecule has 0 bridgehead atoms. The van der Waals surface area contributed by atoms with Crippen molar-refractivity contribution < 1.29 is 9.53 Å². The molecule has 0 radical (unpaired) electrons. The van der Waals surface area contributed by atoms with Crippen LogP contribution in [-0.4, -0.2) is 18.3 Å². The number of benzene rings is 2. The number of rotatable bonds is 6. The van der Waals surface area contributed by atoms with Crippen molar-refractivity contribution in [2.75, 3.05) is 6.61 Å². The molecular formula is C21H23NO2. The summed E-state index contributed by atoms with van der Waals surface area (Å²) in [4.78, 5) is 16.5. The molecule has 0 aliphatic rings. The first-order valence-electron chi connectivity index (χ1n) is 8.12. The Bertz CT molecular complexity index is 728. The number of carbonyl (C=O) groups excluding carboxylic acids is 1. The van der Waals surface area contributed by atoms with Crippen LogP contribution in [0.25, 0.3) is 0 Å². The molecule has 2 aromatic carbocycles. The average molecular weight is 321 g/mol. The van der Waals surface area contributed by atoms with Crippen LogP contribution in [0.3, 0.4) is 0 Å². The van der Waals surface area contributed by atoms with Gasteiger partial charge >= 0.3 is 5.97 Å². The van der Waals surface area contributed by atoms with Gasteiger partial charge in [-0.1, -0.05) is 48.0 Å². The molecule has 0 aliphatic heterocycles. The van der Waals surface area contributed by atoms with Crippen LogP contribution in [0.15, 0.2) is 71.2 Å². The molecule has 24 heavy (non-hydrogen) atoms. The van der Waals surface area contributed by atoms with E-state index in [1.807, 2.05) is 68.4 Å². The fraction of sp³-hybridized carbons (Fsp3) is 0.238. The number of hydrogen-bond donors (Lipinski definition) is 0. The third-order valence-corrected chi connectivity index (χ3v) is 3.61. The summed E-state index contributed by atoms with van der Waals surface area (Å²) in [6.07, 6.45) is 2.18. The zero-order valence-electron chi connectivity index (χ0n) is 14.5. The predicted molar refractivity (Wildman–Crippen MR) is 98.8 cm³/mol. The number of hydrogen-bond acceptors (Lipinski definition) is 3. The third kappa shape index (κ3) is 5.51. The number of ether oxygens (including phenoxy) is 1. The second-order valence-corrected chi connectivity index (χ2v) is 5.62. The molecule has 0 unspecified atom stereocenters. The summed E-state index contributed by atoms with van der Waals surface area (Å²) < 4.78 is 5.06. The second-order valence-electron chi connectivity index (χ2n) is 5.62. The van der Waals surface area contributed by atoms with E-state index in [1.165, 1.54) is 5.56 Å². The number of esters is 1. The Balaban J connectivity index is 2.29. The Morgan fingerprint density at radius 3 is 2.38 bits per heavy atom. The van der Waals surface area contributed by atoms with Gasteiger partial charge in [0.1, 0.15) is 0 Å². The van der Waals surface area contributed by atoms with Gasteiger partial charge in [-0.3, -0.25) is 4.99 Å². The van der Waals surface area contributed by atoms with Gasteiger partial charge in [-0.15, -0.1) is 0 Å². The summed E-state index contributed by atoms with van der Waals surface area (Å²) in [5.74, 6) is -0.332. The molecule has 124 valence electrons. The maximum absolute atomic E-state index is 11.9. The highest BCUT2D eigenvalue weighted by Gasteiger charge is 2.08. The van der Waals surface area contributed by atoms with Crippen molar-refractivity contribution in [3.05, 3.63) is 77.4 Å². The van der Waals surface area contributed by atoms with Crippen LogP contribution in [0.4, 0.5) is 5.69 Å². The van der Waals surface area contributed by atoms with E-state index in [2.05, 4.69) is 4.99 Å². The molecule has 0 saturated carbocycles. The van der Waals surface area contributed by atoms with Gasteiger partial charge in [-0.25, -0.2) is 4.79 Å². The second kappa shape index (κ2) is 8.82. The van der Waals surface area contributed by atoms with Gasteiger partial charge in [-0.05, 0) is 50.5 Å². The Labute approximate surface area is 143 Å². The van der Waals surface area contributed by atoms with E-state index >= 15 is 0 Å². The molecule has 3 heteroatoms. The first-order chi connectivity index (χ1) is 11.6. The fourth-order valence-corrected chi connectivity index (χ4v) is 2.31. The first kappa shape index (κ1) is 17.7. The van der Waals surface area contributed by atoms with Crippen molar-refractivity contribution in [3.8, 4) is 0 Å². The van der Waals surface area contributed by atoms with Crippen molar-refractivity contribution >= 4 is 17.4 Å². The minimum absolute atomic E-state index is 0.332. The van der Waals surface area contributed by atoms with Gasteiger partial charge in [-0.2, -0.15) is 0 Å². The number of aryl methyl sites for hydroxylation is 1. The van der Waals surface area contributed by atoms with Crippen molar-refractivity contribution in [2.45, 2.75) is 27.2 Å². The lowest BCUT2D eigenvalue weighted by molar-refractivity contribution is -0.137. The van der Waals surface area contributed by atoms with Crippen molar-refractivity contribution in [1.82, 2.24) is 0 Å². The van der Waals surface area contributed by atoms with Gasteiger partial charge in [0.25, 0.3) is 0 Å². The van der Waals surface area contributed by atoms with Crippen LogP contribution >= 0.6 is 0 Å². The van der Waals surface area contributed by atoms with E-state index in [0.717, 1.165) is 22.5 Å². The molecule has 0 amide bonds. The molecular weight excluding hydrogens is 298 g/mol. The van der Waals surface area contributed by atoms with E-state index in [0.29, 0.717) is 13.0 Å². The highest BCUT2D eigenvalue weighted by atomic mass is 16.5. The molecule has 0 fully saturated rings. The maximum Gasteiger partial charge on any atom is 0.331 e. The minimum Gasteiger partial charge on any atom is -0.463 e. The average Bonchev–Trinajstić information content (AvgIpc) is 2.57. The van der Waals surface area contributed by atoms with Crippen LogP contribution in [0.1, 0.15) is 25.0 Å². The smallest absolute Gasteiger partial charge is 0.331 e. The number of allylic oxidation sites excluding steroid dienone is 1. The number of carbonyl (C=O) groups is 1. The Kier molecular flexibility index (Phi) is 6.50. The lowest BCUT2D eigenvalue weighted by Crippen LogP contribution is -2.07. The maximum atomic E-state index is 11.9. The van der Waals surface area contributed by atoms with Gasteiger partial charge in [0.05, 0.1) is 12.3 Å². The molecule has 3 nitrogen and oxygen atoms in total. The SMILES string of the molecule is CCOC(=O)/C=C(\Cc1ccccc1)C(C)=Nc1ccc(C)cc1.